The number of carboxylic acids is 1. The van der Waals surface area contributed by atoms with Crippen LogP contribution in [0.25, 0.3) is 0 Å². The van der Waals surface area contributed by atoms with Crippen molar-refractivity contribution < 1.29 is 15.0 Å². The van der Waals surface area contributed by atoms with Gasteiger partial charge in [-0.05, 0) is 26.8 Å². The number of aliphatic carboxylic acids is 1. The number of nitrogens with zero attached hydrogens (tertiary/aromatic N) is 1. The predicted molar refractivity (Wildman–Crippen MR) is 55.3 cm³/mol. The Hall–Kier alpha value is -0.610. The molecule has 0 amide bonds. The van der Waals surface area contributed by atoms with Gasteiger partial charge in [-0.15, -0.1) is 0 Å². The monoisotopic (exact) mass is 203 g/mol. The zero-order chi connectivity index (χ0) is 11.4. The fourth-order valence-electron chi connectivity index (χ4n) is 1.59. The topological polar surface area (TPSA) is 60.8 Å². The Balaban J connectivity index is 4.29. The van der Waals surface area contributed by atoms with Gasteiger partial charge >= 0.3 is 5.97 Å². The lowest BCUT2D eigenvalue weighted by Crippen LogP contribution is -2.48. The number of hydrogen-bond donors (Lipinski definition) is 2. The molecule has 0 heterocycles. The van der Waals surface area contributed by atoms with Crippen LogP contribution in [0.5, 0.6) is 0 Å². The molecule has 0 saturated carbocycles. The van der Waals surface area contributed by atoms with Crippen LogP contribution in [0.15, 0.2) is 0 Å². The minimum atomic E-state index is -1.66. The number of hydrogen-bond acceptors (Lipinski definition) is 3. The minimum absolute atomic E-state index is 0.161. The van der Waals surface area contributed by atoms with Crippen molar-refractivity contribution in [3.63, 3.8) is 0 Å². The summed E-state index contributed by atoms with van der Waals surface area (Å²) >= 11 is 0. The maximum Gasteiger partial charge on any atom is 0.336 e. The highest BCUT2D eigenvalue weighted by atomic mass is 16.4. The molecule has 0 saturated heterocycles. The van der Waals surface area contributed by atoms with E-state index >= 15 is 0 Å². The summed E-state index contributed by atoms with van der Waals surface area (Å²) in [5.41, 5.74) is -1.66. The van der Waals surface area contributed by atoms with E-state index in [1.165, 1.54) is 6.92 Å². The van der Waals surface area contributed by atoms with E-state index in [1.807, 2.05) is 11.9 Å². The quantitative estimate of drug-likeness (QED) is 0.674. The van der Waals surface area contributed by atoms with E-state index in [1.54, 1.807) is 0 Å². The molecule has 1 atom stereocenters. The van der Waals surface area contributed by atoms with Gasteiger partial charge < -0.3 is 10.2 Å². The molecule has 4 nitrogen and oxygen atoms in total. The van der Waals surface area contributed by atoms with Crippen molar-refractivity contribution in [3.8, 4) is 0 Å². The van der Waals surface area contributed by atoms with Crippen molar-refractivity contribution in [3.05, 3.63) is 0 Å². The SMILES string of the molecule is CCC(CC)N(C)CC(C)(O)C(=O)O. The average Bonchev–Trinajstić information content (AvgIpc) is 2.05. The highest BCUT2D eigenvalue weighted by Crippen LogP contribution is 2.12. The molecule has 1 unspecified atom stereocenters. The highest BCUT2D eigenvalue weighted by molar-refractivity contribution is 5.76. The Morgan fingerprint density at radius 3 is 2.14 bits per heavy atom. The molecule has 14 heavy (non-hydrogen) atoms. The van der Waals surface area contributed by atoms with Gasteiger partial charge in [-0.2, -0.15) is 0 Å². The van der Waals surface area contributed by atoms with E-state index in [9.17, 15) is 9.90 Å². The minimum Gasteiger partial charge on any atom is -0.479 e. The van der Waals surface area contributed by atoms with Gasteiger partial charge in [-0.1, -0.05) is 13.8 Å². The second kappa shape index (κ2) is 5.32. The largest absolute Gasteiger partial charge is 0.479 e. The molecular weight excluding hydrogens is 182 g/mol. The summed E-state index contributed by atoms with van der Waals surface area (Å²) in [6.07, 6.45) is 1.92. The second-order valence-electron chi connectivity index (χ2n) is 3.96. The van der Waals surface area contributed by atoms with Crippen LogP contribution in [0, 0.1) is 0 Å². The van der Waals surface area contributed by atoms with Crippen LogP contribution < -0.4 is 0 Å². The molecule has 2 N–H and O–H groups in total. The van der Waals surface area contributed by atoms with Crippen molar-refractivity contribution in [2.45, 2.75) is 45.3 Å². The third-order valence-corrected chi connectivity index (χ3v) is 2.58. The van der Waals surface area contributed by atoms with Crippen molar-refractivity contribution >= 4 is 5.97 Å². The Morgan fingerprint density at radius 1 is 1.43 bits per heavy atom. The van der Waals surface area contributed by atoms with Crippen LogP contribution in [-0.2, 0) is 4.79 Å². The van der Waals surface area contributed by atoms with Crippen LogP contribution in [0.2, 0.25) is 0 Å². The van der Waals surface area contributed by atoms with E-state index in [0.717, 1.165) is 12.8 Å². The first kappa shape index (κ1) is 13.4. The van der Waals surface area contributed by atoms with Crippen LogP contribution in [-0.4, -0.2) is 46.3 Å². The maximum absolute atomic E-state index is 10.7. The van der Waals surface area contributed by atoms with Gasteiger partial charge in [0.15, 0.2) is 5.60 Å². The van der Waals surface area contributed by atoms with Gasteiger partial charge in [0.2, 0.25) is 0 Å². The Kier molecular flexibility index (Phi) is 5.08. The fourth-order valence-corrected chi connectivity index (χ4v) is 1.59. The van der Waals surface area contributed by atoms with E-state index in [2.05, 4.69) is 13.8 Å². The first-order valence-corrected chi connectivity index (χ1v) is 5.01. The molecule has 0 aromatic carbocycles. The molecule has 0 aliphatic rings. The van der Waals surface area contributed by atoms with Gasteiger partial charge in [0, 0.05) is 12.6 Å². The summed E-state index contributed by atoms with van der Waals surface area (Å²) in [6.45, 7) is 5.60. The summed E-state index contributed by atoms with van der Waals surface area (Å²) in [6, 6.07) is 0.334. The van der Waals surface area contributed by atoms with Crippen molar-refractivity contribution in [1.29, 1.82) is 0 Å². The Labute approximate surface area is 85.5 Å². The average molecular weight is 203 g/mol. The molecule has 0 radical (unpaired) electrons. The molecule has 0 fully saturated rings. The zero-order valence-corrected chi connectivity index (χ0v) is 9.45. The van der Waals surface area contributed by atoms with Crippen LogP contribution in [0.4, 0.5) is 0 Å². The van der Waals surface area contributed by atoms with Crippen LogP contribution >= 0.6 is 0 Å². The molecule has 0 rings (SSSR count). The van der Waals surface area contributed by atoms with E-state index in [4.69, 9.17) is 5.11 Å². The Bertz CT molecular complexity index is 188. The molecule has 0 aromatic heterocycles. The normalized spacial score (nSPS) is 15.9. The predicted octanol–water partition coefficient (Wildman–Crippen LogP) is 0.942. The fraction of sp³-hybridized carbons (Fsp3) is 0.900. The number of rotatable bonds is 6. The lowest BCUT2D eigenvalue weighted by molar-refractivity contribution is -0.158. The van der Waals surface area contributed by atoms with Crippen molar-refractivity contribution in [1.82, 2.24) is 4.90 Å². The molecule has 0 aliphatic heterocycles. The van der Waals surface area contributed by atoms with Crippen molar-refractivity contribution in [2.24, 2.45) is 0 Å². The van der Waals surface area contributed by atoms with Gasteiger partial charge in [0.25, 0.3) is 0 Å². The van der Waals surface area contributed by atoms with E-state index in [0.29, 0.717) is 6.04 Å². The smallest absolute Gasteiger partial charge is 0.336 e. The number of carboxylic acid groups (broad SMARTS) is 1. The van der Waals surface area contributed by atoms with Crippen LogP contribution in [0.3, 0.4) is 0 Å². The molecule has 0 aromatic rings. The Morgan fingerprint density at radius 2 is 1.86 bits per heavy atom. The molecule has 4 heteroatoms. The number of aliphatic hydroxyl groups is 1. The maximum atomic E-state index is 10.7. The van der Waals surface area contributed by atoms with Crippen LogP contribution in [0.1, 0.15) is 33.6 Å². The van der Waals surface area contributed by atoms with Crippen molar-refractivity contribution in [2.75, 3.05) is 13.6 Å². The lowest BCUT2D eigenvalue weighted by atomic mass is 10.0. The molecule has 0 bridgehead atoms. The summed E-state index contributed by atoms with van der Waals surface area (Å²) in [5.74, 6) is -1.17. The second-order valence-corrected chi connectivity index (χ2v) is 3.96. The van der Waals surface area contributed by atoms with Gasteiger partial charge in [0.1, 0.15) is 0 Å². The standard InChI is InChI=1S/C10H21NO3/c1-5-8(6-2)11(4)7-10(3,14)9(12)13/h8,14H,5-7H2,1-4H3,(H,12,13). The number of carbonyl (C=O) groups is 1. The van der Waals surface area contributed by atoms with Gasteiger partial charge in [-0.3, -0.25) is 4.90 Å². The first-order valence-electron chi connectivity index (χ1n) is 5.01. The molecular formula is C10H21NO3. The first-order chi connectivity index (χ1) is 6.35. The zero-order valence-electron chi connectivity index (χ0n) is 9.45. The van der Waals surface area contributed by atoms with Gasteiger partial charge in [0.05, 0.1) is 0 Å². The molecule has 0 spiro atoms. The summed E-state index contributed by atoms with van der Waals surface area (Å²) in [7, 11) is 1.84. The lowest BCUT2D eigenvalue weighted by Gasteiger charge is -2.31. The summed E-state index contributed by atoms with van der Waals surface area (Å²) in [4.78, 5) is 12.6. The number of likely N-dealkylation sites (N-methyl/N-ethyl adjacent to an activating group) is 1. The van der Waals surface area contributed by atoms with Gasteiger partial charge in [-0.25, -0.2) is 4.79 Å². The highest BCUT2D eigenvalue weighted by Gasteiger charge is 2.32. The van der Waals surface area contributed by atoms with E-state index in [-0.39, 0.29) is 6.54 Å². The van der Waals surface area contributed by atoms with E-state index < -0.39 is 11.6 Å². The molecule has 84 valence electrons. The summed E-state index contributed by atoms with van der Waals surface area (Å²) < 4.78 is 0. The summed E-state index contributed by atoms with van der Waals surface area (Å²) in [5, 5.41) is 18.3. The third-order valence-electron chi connectivity index (χ3n) is 2.58. The molecule has 0 aliphatic carbocycles. The third kappa shape index (κ3) is 3.64.